The van der Waals surface area contributed by atoms with Gasteiger partial charge >= 0.3 is 18.3 Å². The summed E-state index contributed by atoms with van der Waals surface area (Å²) in [6.45, 7) is 4.53. The summed E-state index contributed by atoms with van der Waals surface area (Å²) in [4.78, 5) is 29.0. The number of ether oxygens (including phenoxy) is 1. The zero-order valence-corrected chi connectivity index (χ0v) is 29.2. The number of rotatable bonds is 10. The van der Waals surface area contributed by atoms with Gasteiger partial charge in [-0.05, 0) is 77.9 Å². The van der Waals surface area contributed by atoms with Crippen molar-refractivity contribution in [2.75, 3.05) is 30.0 Å². The molecule has 1 N–H and O–H groups in total. The summed E-state index contributed by atoms with van der Waals surface area (Å²) >= 11 is 0. The SMILES string of the molecule is COc1ccc(C(C)C)cc1-c1nc2ccccc2cc1CN(Cc1cc(C(F)(F)F)cc(C(F)(F)F)c1)c1ncc(N2CCC(C(=O)O)CC2)cn1. The van der Waals surface area contributed by atoms with Gasteiger partial charge in [-0.15, -0.1) is 0 Å². The number of carbonyl (C=O) groups is 1. The monoisotopic (exact) mass is 737 g/mol. The number of nitrogens with zero attached hydrogens (tertiary/aromatic N) is 5. The topological polar surface area (TPSA) is 91.7 Å². The van der Waals surface area contributed by atoms with Crippen LogP contribution >= 0.6 is 0 Å². The fourth-order valence-corrected chi connectivity index (χ4v) is 6.54. The van der Waals surface area contributed by atoms with Crippen LogP contribution in [0.2, 0.25) is 0 Å². The van der Waals surface area contributed by atoms with E-state index in [4.69, 9.17) is 9.72 Å². The van der Waals surface area contributed by atoms with Crippen LogP contribution in [-0.4, -0.2) is 46.2 Å². The van der Waals surface area contributed by atoms with Crippen LogP contribution in [0, 0.1) is 5.92 Å². The Balaban J connectivity index is 1.47. The predicted molar refractivity (Wildman–Crippen MR) is 189 cm³/mol. The number of benzene rings is 3. The Morgan fingerprint density at radius 3 is 2.13 bits per heavy atom. The van der Waals surface area contributed by atoms with E-state index in [1.165, 1.54) is 24.4 Å². The highest BCUT2D eigenvalue weighted by molar-refractivity contribution is 5.85. The number of aliphatic carboxylic acids is 1. The molecule has 1 fully saturated rings. The number of pyridine rings is 1. The summed E-state index contributed by atoms with van der Waals surface area (Å²) < 4.78 is 89.3. The number of aromatic nitrogens is 3. The second-order valence-corrected chi connectivity index (χ2v) is 13.4. The third-order valence-corrected chi connectivity index (χ3v) is 9.45. The first-order valence-corrected chi connectivity index (χ1v) is 17.0. The van der Waals surface area contributed by atoms with Crippen molar-refractivity contribution in [3.8, 4) is 17.0 Å². The van der Waals surface area contributed by atoms with Crippen LogP contribution in [0.3, 0.4) is 0 Å². The molecule has 0 saturated carbocycles. The Morgan fingerprint density at radius 1 is 0.906 bits per heavy atom. The zero-order valence-electron chi connectivity index (χ0n) is 29.2. The molecule has 14 heteroatoms. The number of piperidine rings is 1. The first kappa shape index (κ1) is 37.4. The van der Waals surface area contributed by atoms with Gasteiger partial charge in [0.05, 0.1) is 53.4 Å². The lowest BCUT2D eigenvalue weighted by Gasteiger charge is -2.32. The highest BCUT2D eigenvalue weighted by Crippen LogP contribution is 2.39. The summed E-state index contributed by atoms with van der Waals surface area (Å²) in [5, 5.41) is 10.2. The average Bonchev–Trinajstić information content (AvgIpc) is 3.13. The van der Waals surface area contributed by atoms with Crippen LogP contribution in [-0.2, 0) is 30.2 Å². The Kier molecular flexibility index (Phi) is 10.5. The first-order valence-electron chi connectivity index (χ1n) is 17.0. The zero-order chi connectivity index (χ0) is 38.1. The van der Waals surface area contributed by atoms with Crippen LogP contribution < -0.4 is 14.5 Å². The Bertz CT molecular complexity index is 2060. The van der Waals surface area contributed by atoms with E-state index in [0.717, 1.165) is 10.9 Å². The van der Waals surface area contributed by atoms with Crippen molar-refractivity contribution in [3.63, 3.8) is 0 Å². The number of methoxy groups -OCH3 is 1. The van der Waals surface area contributed by atoms with Gasteiger partial charge in [-0.25, -0.2) is 15.0 Å². The van der Waals surface area contributed by atoms with Gasteiger partial charge in [0, 0.05) is 37.1 Å². The second kappa shape index (κ2) is 14.9. The molecule has 1 saturated heterocycles. The normalized spacial score (nSPS) is 14.2. The van der Waals surface area contributed by atoms with Gasteiger partial charge in [0.15, 0.2) is 0 Å². The average molecular weight is 738 g/mol. The van der Waals surface area contributed by atoms with E-state index in [0.29, 0.717) is 71.8 Å². The molecule has 3 heterocycles. The molecule has 1 aliphatic heterocycles. The van der Waals surface area contributed by atoms with Gasteiger partial charge in [0.1, 0.15) is 5.75 Å². The summed E-state index contributed by atoms with van der Waals surface area (Å²) in [6.07, 6.45) is -6.14. The lowest BCUT2D eigenvalue weighted by Crippen LogP contribution is -2.36. The van der Waals surface area contributed by atoms with Crippen molar-refractivity contribution in [2.24, 2.45) is 5.92 Å². The molecule has 6 rings (SSSR count). The van der Waals surface area contributed by atoms with E-state index in [9.17, 15) is 36.2 Å². The lowest BCUT2D eigenvalue weighted by atomic mass is 9.96. The van der Waals surface area contributed by atoms with Crippen LogP contribution in [0.25, 0.3) is 22.2 Å². The number of carboxylic acids is 1. The van der Waals surface area contributed by atoms with E-state index in [1.54, 1.807) is 0 Å². The number of hydrogen-bond donors (Lipinski definition) is 1. The summed E-state index contributed by atoms with van der Waals surface area (Å²) in [5.41, 5.74) is 0.991. The predicted octanol–water partition coefficient (Wildman–Crippen LogP) is 9.37. The second-order valence-electron chi connectivity index (χ2n) is 13.4. The molecular weight excluding hydrogens is 700 g/mol. The molecule has 2 aromatic heterocycles. The van der Waals surface area contributed by atoms with Crippen molar-refractivity contribution >= 4 is 28.5 Å². The number of carboxylic acid groups (broad SMARTS) is 1. The molecule has 3 aromatic carbocycles. The number of anilines is 2. The van der Waals surface area contributed by atoms with E-state index >= 15 is 0 Å². The largest absolute Gasteiger partial charge is 0.496 e. The summed E-state index contributed by atoms with van der Waals surface area (Å²) in [7, 11) is 1.53. The standard InChI is InChI=1S/C39H37F6N5O3/c1-23(2)26-8-9-34(53-3)32(17-26)35-28(16-27-6-4-5-7-33(27)48-35)22-50(21-24-14-29(38(40,41)42)18-30(15-24)39(43,44)45)37-46-19-31(20-47-37)49-12-10-25(11-13-49)36(51)52/h4-9,14-20,23,25H,10-13,21-22H2,1-3H3,(H,51,52). The smallest absolute Gasteiger partial charge is 0.416 e. The van der Waals surface area contributed by atoms with E-state index in [1.807, 2.05) is 67.3 Å². The molecule has 0 aliphatic carbocycles. The molecule has 0 unspecified atom stereocenters. The van der Waals surface area contributed by atoms with E-state index in [-0.39, 0.29) is 30.0 Å². The molecule has 278 valence electrons. The van der Waals surface area contributed by atoms with Gasteiger partial charge < -0.3 is 19.6 Å². The van der Waals surface area contributed by atoms with Crippen LogP contribution in [0.15, 0.2) is 79.1 Å². The van der Waals surface area contributed by atoms with Crippen LogP contribution in [0.5, 0.6) is 5.75 Å². The highest BCUT2D eigenvalue weighted by Gasteiger charge is 2.37. The lowest BCUT2D eigenvalue weighted by molar-refractivity contribution is -0.144. The molecule has 53 heavy (non-hydrogen) atoms. The number of halogens is 6. The van der Waals surface area contributed by atoms with Gasteiger partial charge in [-0.1, -0.05) is 38.1 Å². The van der Waals surface area contributed by atoms with E-state index in [2.05, 4.69) is 9.97 Å². The molecule has 0 bridgehead atoms. The Labute approximate surface area is 302 Å². The van der Waals surface area contributed by atoms with Crippen molar-refractivity contribution in [1.29, 1.82) is 0 Å². The Morgan fingerprint density at radius 2 is 1.55 bits per heavy atom. The molecule has 1 aliphatic rings. The molecule has 0 amide bonds. The summed E-state index contributed by atoms with van der Waals surface area (Å²) in [5.74, 6) is -0.565. The molecule has 0 atom stereocenters. The van der Waals surface area contributed by atoms with Crippen molar-refractivity contribution in [2.45, 2.75) is 58.0 Å². The maximum absolute atomic E-state index is 13.9. The fraction of sp³-hybridized carbons (Fsp3) is 0.333. The quantitative estimate of drug-likeness (QED) is 0.142. The maximum Gasteiger partial charge on any atom is 0.416 e. The van der Waals surface area contributed by atoms with Gasteiger partial charge in [-0.2, -0.15) is 26.3 Å². The third kappa shape index (κ3) is 8.47. The van der Waals surface area contributed by atoms with Crippen molar-refractivity contribution in [1.82, 2.24) is 15.0 Å². The minimum atomic E-state index is -5.03. The number of fused-ring (bicyclic) bond motifs is 1. The van der Waals surface area contributed by atoms with Gasteiger partial charge in [0.25, 0.3) is 0 Å². The number of hydrogen-bond acceptors (Lipinski definition) is 7. The molecule has 5 aromatic rings. The third-order valence-electron chi connectivity index (χ3n) is 9.45. The van der Waals surface area contributed by atoms with E-state index < -0.39 is 41.9 Å². The first-order chi connectivity index (χ1) is 25.1. The molecule has 8 nitrogen and oxygen atoms in total. The highest BCUT2D eigenvalue weighted by atomic mass is 19.4. The fourth-order valence-electron chi connectivity index (χ4n) is 6.54. The van der Waals surface area contributed by atoms with Crippen molar-refractivity contribution < 1.29 is 41.0 Å². The minimum absolute atomic E-state index is 0.0524. The van der Waals surface area contributed by atoms with Gasteiger partial charge in [-0.3, -0.25) is 4.79 Å². The maximum atomic E-state index is 13.9. The molecular formula is C39H37F6N5O3. The molecule has 0 spiro atoms. The number of para-hydroxylation sites is 1. The van der Waals surface area contributed by atoms with Crippen LogP contribution in [0.4, 0.5) is 38.0 Å². The molecule has 0 radical (unpaired) electrons. The minimum Gasteiger partial charge on any atom is -0.496 e. The Hall–Kier alpha value is -5.40. The summed E-state index contributed by atoms with van der Waals surface area (Å²) in [6, 6.07) is 16.6. The van der Waals surface area contributed by atoms with Crippen LogP contribution in [0.1, 0.15) is 60.4 Å². The van der Waals surface area contributed by atoms with Crippen molar-refractivity contribution in [3.05, 3.63) is 107 Å². The number of alkyl halides is 6. The van der Waals surface area contributed by atoms with Gasteiger partial charge in [0.2, 0.25) is 5.95 Å².